The van der Waals surface area contributed by atoms with Gasteiger partial charge in [-0.3, -0.25) is 0 Å². The van der Waals surface area contributed by atoms with Crippen molar-refractivity contribution in [1.82, 2.24) is 5.32 Å². The van der Waals surface area contributed by atoms with Crippen LogP contribution >= 0.6 is 0 Å². The third-order valence-electron chi connectivity index (χ3n) is 3.95. The summed E-state index contributed by atoms with van der Waals surface area (Å²) in [6, 6.07) is 1.82. The van der Waals surface area contributed by atoms with E-state index in [4.69, 9.17) is 5.26 Å². The molecule has 0 aliphatic carbocycles. The Morgan fingerprint density at radius 3 is 1.87 bits per heavy atom. The Bertz CT molecular complexity index is 359. The van der Waals surface area contributed by atoms with E-state index >= 15 is 0 Å². The number of hydrogen-bond donors (Lipinski definition) is 1. The van der Waals surface area contributed by atoms with Gasteiger partial charge in [0.15, 0.2) is 5.57 Å². The molecule has 0 saturated heterocycles. The molecule has 0 spiro atoms. The number of esters is 1. The summed E-state index contributed by atoms with van der Waals surface area (Å²) in [7, 11) is 1.28. The number of nitrogens with zero attached hydrogens (tertiary/aromatic N) is 1. The van der Waals surface area contributed by atoms with Gasteiger partial charge < -0.3 is 10.1 Å². The van der Waals surface area contributed by atoms with Crippen LogP contribution in [0, 0.1) is 11.3 Å². The Morgan fingerprint density at radius 2 is 1.43 bits per heavy atom. The predicted molar refractivity (Wildman–Crippen MR) is 94.8 cm³/mol. The predicted octanol–water partition coefficient (Wildman–Crippen LogP) is 4.86. The second kappa shape index (κ2) is 16.9. The summed E-state index contributed by atoms with van der Waals surface area (Å²) < 4.78 is 4.50. The number of methoxy groups -OCH3 is 1. The second-order valence-corrected chi connectivity index (χ2v) is 6.00. The zero-order valence-electron chi connectivity index (χ0n) is 15.0. The van der Waals surface area contributed by atoms with Crippen molar-refractivity contribution >= 4 is 5.97 Å². The standard InChI is InChI=1S/C19H34N2O2/c1-3-4-5-6-7-8-9-10-11-12-13-14-15-21-17-18(16-20)19(22)23-2/h17,21H,3-15H2,1-2H3/b18-17+. The quantitative estimate of drug-likeness (QED) is 0.202. The zero-order valence-corrected chi connectivity index (χ0v) is 15.0. The van der Waals surface area contributed by atoms with Crippen molar-refractivity contribution < 1.29 is 9.53 Å². The molecule has 0 heterocycles. The molecule has 0 unspecified atom stereocenters. The number of unbranched alkanes of at least 4 members (excludes halogenated alkanes) is 11. The van der Waals surface area contributed by atoms with Gasteiger partial charge in [-0.2, -0.15) is 5.26 Å². The molecule has 0 radical (unpaired) electrons. The number of hydrogen-bond acceptors (Lipinski definition) is 4. The Balaban J connectivity index is 3.32. The number of rotatable bonds is 15. The van der Waals surface area contributed by atoms with Crippen LogP contribution in [0.5, 0.6) is 0 Å². The fourth-order valence-corrected chi connectivity index (χ4v) is 2.49. The maximum absolute atomic E-state index is 11.2. The van der Waals surface area contributed by atoms with Crippen molar-refractivity contribution in [2.24, 2.45) is 0 Å². The normalized spacial score (nSPS) is 11.1. The lowest BCUT2D eigenvalue weighted by Crippen LogP contribution is -2.12. The zero-order chi connectivity index (χ0) is 17.2. The van der Waals surface area contributed by atoms with Crippen molar-refractivity contribution in [3.63, 3.8) is 0 Å². The van der Waals surface area contributed by atoms with Gasteiger partial charge in [0.1, 0.15) is 6.07 Å². The van der Waals surface area contributed by atoms with Gasteiger partial charge in [-0.15, -0.1) is 0 Å². The molecule has 4 nitrogen and oxygen atoms in total. The number of nitrogens with one attached hydrogen (secondary N) is 1. The van der Waals surface area contributed by atoms with Crippen LogP contribution in [0.3, 0.4) is 0 Å². The maximum atomic E-state index is 11.2. The average molecular weight is 322 g/mol. The first-order valence-corrected chi connectivity index (χ1v) is 9.18. The van der Waals surface area contributed by atoms with Gasteiger partial charge in [0, 0.05) is 12.7 Å². The highest BCUT2D eigenvalue weighted by molar-refractivity contribution is 5.92. The molecule has 0 rings (SSSR count). The van der Waals surface area contributed by atoms with Gasteiger partial charge in [0.05, 0.1) is 7.11 Å². The molecule has 132 valence electrons. The number of nitriles is 1. The molecular weight excluding hydrogens is 288 g/mol. The molecule has 0 aliphatic rings. The van der Waals surface area contributed by atoms with Crippen molar-refractivity contribution in [1.29, 1.82) is 5.26 Å². The van der Waals surface area contributed by atoms with Crippen molar-refractivity contribution in [3.8, 4) is 6.07 Å². The summed E-state index contributed by atoms with van der Waals surface area (Å²) in [5.74, 6) is -0.588. The Morgan fingerprint density at radius 1 is 0.957 bits per heavy atom. The minimum atomic E-state index is -0.588. The largest absolute Gasteiger partial charge is 0.465 e. The van der Waals surface area contributed by atoms with Crippen LogP contribution in [0.2, 0.25) is 0 Å². The van der Waals surface area contributed by atoms with E-state index in [1.54, 1.807) is 0 Å². The molecule has 0 amide bonds. The molecule has 0 aromatic heterocycles. The minimum Gasteiger partial charge on any atom is -0.465 e. The van der Waals surface area contributed by atoms with Gasteiger partial charge in [0.2, 0.25) is 0 Å². The smallest absolute Gasteiger partial charge is 0.350 e. The highest BCUT2D eigenvalue weighted by Crippen LogP contribution is 2.11. The molecule has 0 fully saturated rings. The summed E-state index contributed by atoms with van der Waals surface area (Å²) in [5.41, 5.74) is 0.0198. The molecule has 0 aliphatic heterocycles. The Kier molecular flexibility index (Phi) is 15.8. The van der Waals surface area contributed by atoms with Gasteiger partial charge in [-0.25, -0.2) is 4.79 Å². The van der Waals surface area contributed by atoms with E-state index in [0.717, 1.165) is 13.0 Å². The van der Waals surface area contributed by atoms with E-state index < -0.39 is 5.97 Å². The molecule has 0 aromatic carbocycles. The van der Waals surface area contributed by atoms with Crippen molar-refractivity contribution in [3.05, 3.63) is 11.8 Å². The number of ether oxygens (including phenoxy) is 1. The van der Waals surface area contributed by atoms with Crippen LogP contribution < -0.4 is 5.32 Å². The Hall–Kier alpha value is -1.50. The molecule has 1 N–H and O–H groups in total. The van der Waals surface area contributed by atoms with E-state index in [-0.39, 0.29) is 5.57 Å². The van der Waals surface area contributed by atoms with Crippen LogP contribution in [0.1, 0.15) is 84.0 Å². The first-order valence-electron chi connectivity index (χ1n) is 9.18. The maximum Gasteiger partial charge on any atom is 0.350 e. The lowest BCUT2D eigenvalue weighted by atomic mass is 10.1. The second-order valence-electron chi connectivity index (χ2n) is 6.00. The van der Waals surface area contributed by atoms with Gasteiger partial charge in [0.25, 0.3) is 0 Å². The highest BCUT2D eigenvalue weighted by atomic mass is 16.5. The molecular formula is C19H34N2O2. The van der Waals surface area contributed by atoms with Crippen LogP contribution in [0.25, 0.3) is 0 Å². The SMILES string of the molecule is CCCCCCCCCCCCCCN/C=C(\C#N)C(=O)OC. The summed E-state index contributed by atoms with van der Waals surface area (Å²) in [6.07, 6.45) is 17.3. The summed E-state index contributed by atoms with van der Waals surface area (Å²) in [4.78, 5) is 11.2. The van der Waals surface area contributed by atoms with Gasteiger partial charge in [-0.1, -0.05) is 77.6 Å². The van der Waals surface area contributed by atoms with E-state index in [1.165, 1.54) is 83.9 Å². The first kappa shape index (κ1) is 21.5. The van der Waals surface area contributed by atoms with Crippen molar-refractivity contribution in [2.75, 3.05) is 13.7 Å². The van der Waals surface area contributed by atoms with Crippen LogP contribution in [-0.4, -0.2) is 19.6 Å². The number of carbonyl (C=O) groups excluding carboxylic acids is 1. The molecule has 0 aromatic rings. The molecule has 0 bridgehead atoms. The molecule has 0 atom stereocenters. The molecule has 23 heavy (non-hydrogen) atoms. The molecule has 4 heteroatoms. The van der Waals surface area contributed by atoms with E-state index in [9.17, 15) is 4.79 Å². The fraction of sp³-hybridized carbons (Fsp3) is 0.789. The minimum absolute atomic E-state index is 0.0198. The lowest BCUT2D eigenvalue weighted by molar-refractivity contribution is -0.135. The average Bonchev–Trinajstić information content (AvgIpc) is 2.58. The van der Waals surface area contributed by atoms with Crippen LogP contribution in [0.15, 0.2) is 11.8 Å². The first-order chi connectivity index (χ1) is 11.3. The lowest BCUT2D eigenvalue weighted by Gasteiger charge is -2.03. The van der Waals surface area contributed by atoms with Gasteiger partial charge >= 0.3 is 5.97 Å². The van der Waals surface area contributed by atoms with Crippen LogP contribution in [0.4, 0.5) is 0 Å². The third-order valence-corrected chi connectivity index (χ3v) is 3.95. The fourth-order valence-electron chi connectivity index (χ4n) is 2.49. The van der Waals surface area contributed by atoms with Crippen LogP contribution in [-0.2, 0) is 9.53 Å². The van der Waals surface area contributed by atoms with E-state index in [0.29, 0.717) is 0 Å². The summed E-state index contributed by atoms with van der Waals surface area (Å²) >= 11 is 0. The highest BCUT2D eigenvalue weighted by Gasteiger charge is 2.06. The summed E-state index contributed by atoms with van der Waals surface area (Å²) in [6.45, 7) is 3.05. The van der Waals surface area contributed by atoms with Crippen molar-refractivity contribution in [2.45, 2.75) is 84.0 Å². The monoisotopic (exact) mass is 322 g/mol. The topological polar surface area (TPSA) is 62.1 Å². The number of carbonyl (C=O) groups is 1. The molecule has 0 saturated carbocycles. The van der Waals surface area contributed by atoms with E-state index in [1.807, 2.05) is 6.07 Å². The Labute approximate surface area is 142 Å². The van der Waals surface area contributed by atoms with Gasteiger partial charge in [-0.05, 0) is 6.42 Å². The third kappa shape index (κ3) is 13.9. The summed E-state index contributed by atoms with van der Waals surface area (Å²) in [5, 5.41) is 11.8. The van der Waals surface area contributed by atoms with E-state index in [2.05, 4.69) is 17.0 Å².